The number of hydrogen-bond acceptors (Lipinski definition) is 3. The summed E-state index contributed by atoms with van der Waals surface area (Å²) in [6.45, 7) is 7.18. The van der Waals surface area contributed by atoms with Crippen LogP contribution in [0.25, 0.3) is 0 Å². The number of carbonyl (C=O) groups excluding carboxylic acids is 1. The molecule has 1 amide bonds. The van der Waals surface area contributed by atoms with E-state index in [0.29, 0.717) is 23.8 Å². The maximum absolute atomic E-state index is 12.9. The van der Waals surface area contributed by atoms with E-state index in [1.54, 1.807) is 7.11 Å². The lowest BCUT2D eigenvalue weighted by molar-refractivity contribution is -0.127. The van der Waals surface area contributed by atoms with Crippen molar-refractivity contribution >= 4 is 23.2 Å². The first kappa shape index (κ1) is 17.3. The van der Waals surface area contributed by atoms with Crippen molar-refractivity contribution in [3.63, 3.8) is 0 Å². The molecule has 1 heterocycles. The van der Waals surface area contributed by atoms with E-state index >= 15 is 0 Å². The zero-order valence-electron chi connectivity index (χ0n) is 14.0. The van der Waals surface area contributed by atoms with Crippen molar-refractivity contribution in [2.45, 2.75) is 26.8 Å². The molecule has 0 unspecified atom stereocenters. The fourth-order valence-corrected chi connectivity index (χ4v) is 3.00. The lowest BCUT2D eigenvalue weighted by Gasteiger charge is -2.33. The van der Waals surface area contributed by atoms with E-state index in [1.807, 2.05) is 49.9 Å². The van der Waals surface area contributed by atoms with E-state index < -0.39 is 0 Å². The maximum Gasteiger partial charge on any atom is 0.253 e. The highest BCUT2D eigenvalue weighted by Crippen LogP contribution is 2.30. The van der Waals surface area contributed by atoms with Gasteiger partial charge >= 0.3 is 0 Å². The number of rotatable bonds is 5. The third-order valence-corrected chi connectivity index (χ3v) is 4.20. The third-order valence-electron chi connectivity index (χ3n) is 3.98. The van der Waals surface area contributed by atoms with Gasteiger partial charge in [0.2, 0.25) is 0 Å². The molecule has 1 aromatic carbocycles. The first-order valence-corrected chi connectivity index (χ1v) is 8.14. The molecule has 124 valence electrons. The topological polar surface area (TPSA) is 53.6 Å². The van der Waals surface area contributed by atoms with Gasteiger partial charge in [0.1, 0.15) is 5.75 Å². The van der Waals surface area contributed by atoms with Crippen molar-refractivity contribution in [1.82, 2.24) is 15.5 Å². The average Bonchev–Trinajstić information content (AvgIpc) is 2.55. The van der Waals surface area contributed by atoms with Gasteiger partial charge in [-0.15, -0.1) is 0 Å². The molecular weight excluding hydrogens is 310 g/mol. The Bertz CT molecular complexity index is 638. The van der Waals surface area contributed by atoms with Crippen LogP contribution in [-0.4, -0.2) is 36.1 Å². The lowest BCUT2D eigenvalue weighted by atomic mass is 9.94. The summed E-state index contributed by atoms with van der Waals surface area (Å²) < 4.78 is 5.30. The Morgan fingerprint density at radius 3 is 2.65 bits per heavy atom. The minimum absolute atomic E-state index is 0.0165. The second kappa shape index (κ2) is 7.46. The molecule has 5 nitrogen and oxygen atoms in total. The number of likely N-dealkylation sites (N-methyl/N-ethyl adjacent to an activating group) is 1. The first-order valence-electron chi connectivity index (χ1n) is 7.73. The van der Waals surface area contributed by atoms with Gasteiger partial charge in [-0.1, -0.05) is 12.1 Å². The predicted molar refractivity (Wildman–Crippen MR) is 95.2 cm³/mol. The number of nitrogens with one attached hydrogen (secondary N) is 2. The van der Waals surface area contributed by atoms with Gasteiger partial charge in [0, 0.05) is 18.8 Å². The van der Waals surface area contributed by atoms with Gasteiger partial charge in [0.15, 0.2) is 5.11 Å². The molecule has 6 heteroatoms. The third kappa shape index (κ3) is 3.64. The molecule has 0 fully saturated rings. The van der Waals surface area contributed by atoms with Crippen LogP contribution in [0.15, 0.2) is 35.5 Å². The lowest BCUT2D eigenvalue weighted by Crippen LogP contribution is -2.47. The van der Waals surface area contributed by atoms with Crippen molar-refractivity contribution in [3.8, 4) is 5.75 Å². The van der Waals surface area contributed by atoms with E-state index in [2.05, 4.69) is 10.6 Å². The van der Waals surface area contributed by atoms with Gasteiger partial charge in [-0.05, 0) is 50.7 Å². The number of allylic oxidation sites excluding steroid dienone is 1. The predicted octanol–water partition coefficient (Wildman–Crippen LogP) is 2.36. The van der Waals surface area contributed by atoms with E-state index in [4.69, 9.17) is 17.0 Å². The molecule has 0 aromatic heterocycles. The average molecular weight is 333 g/mol. The molecule has 0 aliphatic carbocycles. The van der Waals surface area contributed by atoms with E-state index in [0.717, 1.165) is 17.0 Å². The molecule has 1 aromatic rings. The summed E-state index contributed by atoms with van der Waals surface area (Å²) in [4.78, 5) is 14.7. The van der Waals surface area contributed by atoms with Crippen LogP contribution in [0.2, 0.25) is 0 Å². The van der Waals surface area contributed by atoms with Crippen molar-refractivity contribution in [1.29, 1.82) is 0 Å². The minimum Gasteiger partial charge on any atom is -0.497 e. The van der Waals surface area contributed by atoms with E-state index in [1.165, 1.54) is 0 Å². The summed E-state index contributed by atoms with van der Waals surface area (Å²) in [7, 11) is 1.63. The Morgan fingerprint density at radius 2 is 2.04 bits per heavy atom. The number of amides is 1. The summed E-state index contributed by atoms with van der Waals surface area (Å²) in [5.74, 6) is 0.767. The van der Waals surface area contributed by atoms with Crippen LogP contribution in [0.5, 0.6) is 5.75 Å². The highest BCUT2D eigenvalue weighted by molar-refractivity contribution is 7.80. The van der Waals surface area contributed by atoms with Crippen LogP contribution >= 0.6 is 12.2 Å². The van der Waals surface area contributed by atoms with Crippen LogP contribution in [0.4, 0.5) is 0 Å². The van der Waals surface area contributed by atoms with Crippen molar-refractivity contribution in [2.24, 2.45) is 0 Å². The quantitative estimate of drug-likeness (QED) is 0.810. The van der Waals surface area contributed by atoms with Gasteiger partial charge in [-0.3, -0.25) is 4.79 Å². The Labute approximate surface area is 142 Å². The number of benzene rings is 1. The molecular formula is C17H23N3O2S. The molecule has 0 radical (unpaired) electrons. The zero-order valence-corrected chi connectivity index (χ0v) is 14.8. The SMILES string of the molecule is CCN(CC)C(=O)C1=C(C)NC(=S)N[C@@H]1c1cccc(OC)c1. The molecule has 2 N–H and O–H groups in total. The highest BCUT2D eigenvalue weighted by atomic mass is 32.1. The summed E-state index contributed by atoms with van der Waals surface area (Å²) in [6.07, 6.45) is 0. The number of nitrogens with zero attached hydrogens (tertiary/aromatic N) is 1. The molecule has 1 aliphatic rings. The Kier molecular flexibility index (Phi) is 5.60. The molecule has 23 heavy (non-hydrogen) atoms. The zero-order chi connectivity index (χ0) is 17.0. The maximum atomic E-state index is 12.9. The molecule has 0 bridgehead atoms. The monoisotopic (exact) mass is 333 g/mol. The first-order chi connectivity index (χ1) is 11.0. The summed E-state index contributed by atoms with van der Waals surface area (Å²) in [5.41, 5.74) is 2.43. The van der Waals surface area contributed by atoms with Crippen LogP contribution < -0.4 is 15.4 Å². The normalized spacial score (nSPS) is 17.4. The largest absolute Gasteiger partial charge is 0.497 e. The minimum atomic E-state index is -0.285. The van der Waals surface area contributed by atoms with Crippen molar-refractivity contribution in [2.75, 3.05) is 20.2 Å². The number of thiocarbonyl (C=S) groups is 1. The number of ether oxygens (including phenoxy) is 1. The molecule has 0 saturated heterocycles. The van der Waals surface area contributed by atoms with Gasteiger partial charge in [0.05, 0.1) is 18.7 Å². The smallest absolute Gasteiger partial charge is 0.253 e. The number of methoxy groups -OCH3 is 1. The fraction of sp³-hybridized carbons (Fsp3) is 0.412. The van der Waals surface area contributed by atoms with Crippen LogP contribution in [0, 0.1) is 0 Å². The van der Waals surface area contributed by atoms with Gasteiger partial charge in [-0.25, -0.2) is 0 Å². The number of hydrogen-bond donors (Lipinski definition) is 2. The Balaban J connectivity index is 2.47. The second-order valence-electron chi connectivity index (χ2n) is 5.32. The van der Waals surface area contributed by atoms with Gasteiger partial charge < -0.3 is 20.3 Å². The van der Waals surface area contributed by atoms with Gasteiger partial charge in [0.25, 0.3) is 5.91 Å². The van der Waals surface area contributed by atoms with Crippen molar-refractivity contribution < 1.29 is 9.53 Å². The van der Waals surface area contributed by atoms with Crippen LogP contribution in [0.1, 0.15) is 32.4 Å². The summed E-state index contributed by atoms with van der Waals surface area (Å²) >= 11 is 5.27. The summed E-state index contributed by atoms with van der Waals surface area (Å²) in [6, 6.07) is 7.40. The molecule has 2 rings (SSSR count). The Morgan fingerprint density at radius 1 is 1.35 bits per heavy atom. The number of carbonyl (C=O) groups is 1. The van der Waals surface area contributed by atoms with Crippen LogP contribution in [-0.2, 0) is 4.79 Å². The highest BCUT2D eigenvalue weighted by Gasteiger charge is 2.31. The van der Waals surface area contributed by atoms with E-state index in [-0.39, 0.29) is 11.9 Å². The molecule has 1 atom stereocenters. The molecule has 0 spiro atoms. The standard InChI is InChI=1S/C17H23N3O2S/c1-5-20(6-2)16(21)14-11(3)18-17(23)19-15(14)12-8-7-9-13(10-12)22-4/h7-10,15H,5-6H2,1-4H3,(H2,18,19,23)/t15-/m1/s1. The molecule has 1 aliphatic heterocycles. The fourth-order valence-electron chi connectivity index (χ4n) is 2.73. The summed E-state index contributed by atoms with van der Waals surface area (Å²) in [5, 5.41) is 6.79. The van der Waals surface area contributed by atoms with Gasteiger partial charge in [-0.2, -0.15) is 0 Å². The van der Waals surface area contributed by atoms with Crippen molar-refractivity contribution in [3.05, 3.63) is 41.1 Å². The van der Waals surface area contributed by atoms with E-state index in [9.17, 15) is 4.79 Å². The van der Waals surface area contributed by atoms with Crippen LogP contribution in [0.3, 0.4) is 0 Å². The Hall–Kier alpha value is -2.08. The molecule has 0 saturated carbocycles. The second-order valence-corrected chi connectivity index (χ2v) is 5.73.